The van der Waals surface area contributed by atoms with E-state index in [4.69, 9.17) is 21.1 Å². The van der Waals surface area contributed by atoms with Crippen LogP contribution in [0.3, 0.4) is 0 Å². The number of hydrogen-bond acceptors (Lipinski definition) is 7. The summed E-state index contributed by atoms with van der Waals surface area (Å²) >= 11 is 6.15. The summed E-state index contributed by atoms with van der Waals surface area (Å²) in [4.78, 5) is 20.6. The average molecular weight is 402 g/mol. The highest BCUT2D eigenvalue weighted by molar-refractivity contribution is 6.29. The molecule has 0 radical (unpaired) electrons. The minimum atomic E-state index is -0.439. The number of nitrogens with zero attached hydrogens (tertiary/aromatic N) is 4. The Morgan fingerprint density at radius 2 is 2.00 bits per heavy atom. The molecule has 1 aromatic carbocycles. The number of esters is 1. The molecule has 28 heavy (non-hydrogen) atoms. The van der Waals surface area contributed by atoms with E-state index in [2.05, 4.69) is 20.4 Å². The van der Waals surface area contributed by atoms with E-state index in [0.717, 1.165) is 11.3 Å². The van der Waals surface area contributed by atoms with E-state index < -0.39 is 5.97 Å². The number of carbonyl (C=O) groups is 1. The van der Waals surface area contributed by atoms with Gasteiger partial charge in [-0.25, -0.2) is 9.48 Å². The molecule has 9 heteroatoms. The number of anilines is 1. The topological polar surface area (TPSA) is 91.2 Å². The van der Waals surface area contributed by atoms with E-state index in [1.54, 1.807) is 27.0 Å². The molecular formula is C19H20ClN5O3. The summed E-state index contributed by atoms with van der Waals surface area (Å²) in [5.41, 5.74) is 1.98. The molecule has 0 saturated carbocycles. The maximum atomic E-state index is 12.0. The number of nitrogens with one attached hydrogen (secondary N) is 1. The molecule has 0 bridgehead atoms. The predicted octanol–water partition coefficient (Wildman–Crippen LogP) is 3.42. The number of ether oxygens (including phenoxy) is 2. The Balaban J connectivity index is 1.80. The zero-order valence-electron chi connectivity index (χ0n) is 15.8. The van der Waals surface area contributed by atoms with Gasteiger partial charge in [0, 0.05) is 12.6 Å². The van der Waals surface area contributed by atoms with Gasteiger partial charge in [0.2, 0.25) is 0 Å². The van der Waals surface area contributed by atoms with Gasteiger partial charge in [0.25, 0.3) is 5.95 Å². The third-order valence-corrected chi connectivity index (χ3v) is 4.20. The van der Waals surface area contributed by atoms with Gasteiger partial charge in [0.15, 0.2) is 0 Å². The van der Waals surface area contributed by atoms with Crippen LogP contribution in [0.4, 0.5) is 5.82 Å². The van der Waals surface area contributed by atoms with E-state index in [9.17, 15) is 4.79 Å². The Hall–Kier alpha value is -3.13. The molecule has 0 amide bonds. The lowest BCUT2D eigenvalue weighted by atomic mass is 10.2. The number of aromatic nitrogens is 4. The molecule has 146 valence electrons. The van der Waals surface area contributed by atoms with Crippen molar-refractivity contribution in [3.63, 3.8) is 0 Å². The molecule has 0 spiro atoms. The van der Waals surface area contributed by atoms with Crippen LogP contribution in [0.2, 0.25) is 5.15 Å². The second-order valence-corrected chi connectivity index (χ2v) is 6.24. The van der Waals surface area contributed by atoms with Gasteiger partial charge in [0.05, 0.1) is 25.6 Å². The van der Waals surface area contributed by atoms with Gasteiger partial charge in [-0.2, -0.15) is 15.1 Å². The van der Waals surface area contributed by atoms with Crippen LogP contribution in [0.25, 0.3) is 5.95 Å². The molecule has 0 aliphatic heterocycles. The minimum absolute atomic E-state index is 0.259. The van der Waals surface area contributed by atoms with Crippen LogP contribution in [0.15, 0.2) is 36.5 Å². The maximum absolute atomic E-state index is 12.0. The van der Waals surface area contributed by atoms with Gasteiger partial charge in [-0.05, 0) is 31.5 Å². The van der Waals surface area contributed by atoms with Crippen molar-refractivity contribution in [1.82, 2.24) is 19.7 Å². The molecule has 0 fully saturated rings. The second-order valence-electron chi connectivity index (χ2n) is 5.85. The molecule has 8 nitrogen and oxygen atoms in total. The lowest BCUT2D eigenvalue weighted by Gasteiger charge is -2.09. The van der Waals surface area contributed by atoms with Crippen LogP contribution < -0.4 is 10.1 Å². The third-order valence-electron chi connectivity index (χ3n) is 4.01. The van der Waals surface area contributed by atoms with Crippen molar-refractivity contribution in [1.29, 1.82) is 0 Å². The highest BCUT2D eigenvalue weighted by atomic mass is 35.5. The molecule has 0 unspecified atom stereocenters. The zero-order valence-corrected chi connectivity index (χ0v) is 16.5. The van der Waals surface area contributed by atoms with Gasteiger partial charge in [-0.1, -0.05) is 23.7 Å². The van der Waals surface area contributed by atoms with Crippen LogP contribution >= 0.6 is 11.6 Å². The number of benzene rings is 1. The van der Waals surface area contributed by atoms with Crippen LogP contribution in [0, 0.1) is 6.92 Å². The molecule has 0 aliphatic carbocycles. The van der Waals surface area contributed by atoms with E-state index in [1.165, 1.54) is 10.9 Å². The van der Waals surface area contributed by atoms with Crippen LogP contribution in [0.5, 0.6) is 5.75 Å². The molecular weight excluding hydrogens is 382 g/mol. The first-order valence-corrected chi connectivity index (χ1v) is 9.03. The Kier molecular flexibility index (Phi) is 6.10. The first kappa shape index (κ1) is 19.6. The standard InChI is InChI=1S/C19H20ClN5O3/c1-4-28-18(26)15-11-22-25(12(15)2)19-23-16(20)9-17(24-19)21-10-13-5-7-14(27-3)8-6-13/h5-9,11H,4,10H2,1-3H3,(H,21,23,24). The fraction of sp³-hybridized carbons (Fsp3) is 0.263. The van der Waals surface area contributed by atoms with Crippen LogP contribution in [0.1, 0.15) is 28.5 Å². The molecule has 2 aromatic heterocycles. The minimum Gasteiger partial charge on any atom is -0.497 e. The normalized spacial score (nSPS) is 10.6. The van der Waals surface area contributed by atoms with E-state index in [-0.39, 0.29) is 17.7 Å². The molecule has 1 N–H and O–H groups in total. The molecule has 0 atom stereocenters. The quantitative estimate of drug-likeness (QED) is 0.479. The van der Waals surface area contributed by atoms with E-state index in [0.29, 0.717) is 23.6 Å². The number of rotatable bonds is 7. The van der Waals surface area contributed by atoms with Crippen molar-refractivity contribution < 1.29 is 14.3 Å². The lowest BCUT2D eigenvalue weighted by molar-refractivity contribution is 0.0525. The largest absolute Gasteiger partial charge is 0.497 e. The predicted molar refractivity (Wildman–Crippen MR) is 105 cm³/mol. The molecule has 0 aliphatic rings. The summed E-state index contributed by atoms with van der Waals surface area (Å²) in [6.45, 7) is 4.33. The van der Waals surface area contributed by atoms with Crippen molar-refractivity contribution >= 4 is 23.4 Å². The summed E-state index contributed by atoms with van der Waals surface area (Å²) in [6.07, 6.45) is 1.43. The lowest BCUT2D eigenvalue weighted by Crippen LogP contribution is -2.10. The fourth-order valence-corrected chi connectivity index (χ4v) is 2.73. The monoisotopic (exact) mass is 401 g/mol. The maximum Gasteiger partial charge on any atom is 0.341 e. The second kappa shape index (κ2) is 8.71. The van der Waals surface area contributed by atoms with Crippen molar-refractivity contribution in [2.24, 2.45) is 0 Å². The zero-order chi connectivity index (χ0) is 20.1. The number of hydrogen-bond donors (Lipinski definition) is 1. The Labute approximate surface area is 167 Å². The van der Waals surface area contributed by atoms with Gasteiger partial charge in [-0.3, -0.25) is 0 Å². The van der Waals surface area contributed by atoms with Gasteiger partial charge in [-0.15, -0.1) is 0 Å². The molecule has 2 heterocycles. The average Bonchev–Trinajstić information content (AvgIpc) is 3.08. The fourth-order valence-electron chi connectivity index (χ4n) is 2.55. The van der Waals surface area contributed by atoms with Crippen molar-refractivity contribution in [2.45, 2.75) is 20.4 Å². The Bertz CT molecular complexity index is 972. The van der Waals surface area contributed by atoms with Gasteiger partial charge in [0.1, 0.15) is 22.3 Å². The Morgan fingerprint density at radius 3 is 2.68 bits per heavy atom. The summed E-state index contributed by atoms with van der Waals surface area (Å²) in [6, 6.07) is 9.32. The third kappa shape index (κ3) is 4.40. The number of halogens is 1. The SMILES string of the molecule is CCOC(=O)c1cnn(-c2nc(Cl)cc(NCc3ccc(OC)cc3)n2)c1C. The summed E-state index contributed by atoms with van der Waals surface area (Å²) in [5, 5.41) is 7.67. The van der Waals surface area contributed by atoms with E-state index in [1.807, 2.05) is 24.3 Å². The Morgan fingerprint density at radius 1 is 1.25 bits per heavy atom. The van der Waals surface area contributed by atoms with Crippen molar-refractivity contribution in [3.05, 3.63) is 58.5 Å². The van der Waals surface area contributed by atoms with Gasteiger partial charge < -0.3 is 14.8 Å². The van der Waals surface area contributed by atoms with Crippen LogP contribution in [-0.4, -0.2) is 39.4 Å². The summed E-state index contributed by atoms with van der Waals surface area (Å²) < 4.78 is 11.6. The smallest absolute Gasteiger partial charge is 0.341 e. The molecule has 0 saturated heterocycles. The van der Waals surface area contributed by atoms with Gasteiger partial charge >= 0.3 is 5.97 Å². The summed E-state index contributed by atoms with van der Waals surface area (Å²) in [7, 11) is 1.63. The van der Waals surface area contributed by atoms with Crippen molar-refractivity contribution in [2.75, 3.05) is 19.0 Å². The molecule has 3 aromatic rings. The first-order chi connectivity index (χ1) is 13.5. The molecule has 3 rings (SSSR count). The highest BCUT2D eigenvalue weighted by Crippen LogP contribution is 2.18. The number of carbonyl (C=O) groups excluding carboxylic acids is 1. The highest BCUT2D eigenvalue weighted by Gasteiger charge is 2.18. The number of methoxy groups -OCH3 is 1. The van der Waals surface area contributed by atoms with Crippen LogP contribution in [-0.2, 0) is 11.3 Å². The van der Waals surface area contributed by atoms with E-state index >= 15 is 0 Å². The summed E-state index contributed by atoms with van der Waals surface area (Å²) in [5.74, 6) is 1.16. The first-order valence-electron chi connectivity index (χ1n) is 8.65. The van der Waals surface area contributed by atoms with Crippen molar-refractivity contribution in [3.8, 4) is 11.7 Å².